The summed E-state index contributed by atoms with van der Waals surface area (Å²) < 4.78 is 0. The molecule has 0 atom stereocenters. The van der Waals surface area contributed by atoms with Crippen LogP contribution in [0.5, 0.6) is 0 Å². The molecule has 0 saturated heterocycles. The summed E-state index contributed by atoms with van der Waals surface area (Å²) >= 11 is 1.50. The molecule has 0 unspecified atom stereocenters. The van der Waals surface area contributed by atoms with Crippen molar-refractivity contribution in [3.8, 4) is 0 Å². The van der Waals surface area contributed by atoms with Crippen molar-refractivity contribution in [1.29, 1.82) is 0 Å². The van der Waals surface area contributed by atoms with E-state index in [1.807, 2.05) is 18.2 Å². The first-order chi connectivity index (χ1) is 10.3. The minimum absolute atomic E-state index is 0.0972. The quantitative estimate of drug-likeness (QED) is 0.942. The summed E-state index contributed by atoms with van der Waals surface area (Å²) in [5.74, 6) is 0.428. The molecule has 6 heteroatoms. The maximum atomic E-state index is 12.0. The van der Waals surface area contributed by atoms with E-state index >= 15 is 0 Å². The van der Waals surface area contributed by atoms with Gasteiger partial charge in [0.2, 0.25) is 11.0 Å². The van der Waals surface area contributed by atoms with E-state index in [9.17, 15) is 4.79 Å². The number of nitrogens with one attached hydrogen (secondary N) is 1. The maximum absolute atomic E-state index is 12.0. The van der Waals surface area contributed by atoms with Gasteiger partial charge in [-0.15, -0.1) is 10.2 Å². The third-order valence-electron chi connectivity index (χ3n) is 3.71. The van der Waals surface area contributed by atoms with Gasteiger partial charge in [-0.25, -0.2) is 0 Å². The van der Waals surface area contributed by atoms with E-state index in [1.54, 1.807) is 6.20 Å². The first-order valence-corrected chi connectivity index (χ1v) is 8.16. The van der Waals surface area contributed by atoms with Crippen LogP contribution in [-0.2, 0) is 11.2 Å². The molecule has 0 radical (unpaired) electrons. The van der Waals surface area contributed by atoms with Crippen LogP contribution in [0.4, 0.5) is 5.13 Å². The Labute approximate surface area is 127 Å². The SMILES string of the molecule is O=C(Cc1ccccn1)Nc1nnc(C2CCCCC2)s1. The predicted molar refractivity (Wildman–Crippen MR) is 82.3 cm³/mol. The molecule has 2 aromatic rings. The maximum Gasteiger partial charge on any atom is 0.232 e. The first-order valence-electron chi connectivity index (χ1n) is 7.34. The smallest absolute Gasteiger partial charge is 0.232 e. The highest BCUT2D eigenvalue weighted by Crippen LogP contribution is 2.35. The van der Waals surface area contributed by atoms with E-state index in [0.29, 0.717) is 11.0 Å². The molecular weight excluding hydrogens is 284 g/mol. The van der Waals surface area contributed by atoms with Gasteiger partial charge >= 0.3 is 0 Å². The molecule has 1 aliphatic rings. The zero-order valence-electron chi connectivity index (χ0n) is 11.8. The van der Waals surface area contributed by atoms with Crippen LogP contribution in [0.3, 0.4) is 0 Å². The van der Waals surface area contributed by atoms with E-state index in [1.165, 1.54) is 43.4 Å². The summed E-state index contributed by atoms with van der Waals surface area (Å²) in [5.41, 5.74) is 0.756. The lowest BCUT2D eigenvalue weighted by molar-refractivity contribution is -0.115. The monoisotopic (exact) mass is 302 g/mol. The van der Waals surface area contributed by atoms with Crippen LogP contribution in [0.25, 0.3) is 0 Å². The topological polar surface area (TPSA) is 67.8 Å². The predicted octanol–water partition coefficient (Wildman–Crippen LogP) is 3.16. The first kappa shape index (κ1) is 14.1. The third kappa shape index (κ3) is 3.85. The van der Waals surface area contributed by atoms with Gasteiger partial charge in [-0.3, -0.25) is 9.78 Å². The second-order valence-corrected chi connectivity index (χ2v) is 6.34. The summed E-state index contributed by atoms with van der Waals surface area (Å²) in [6, 6.07) is 5.55. The Morgan fingerprint density at radius 2 is 2.10 bits per heavy atom. The van der Waals surface area contributed by atoms with Crippen LogP contribution >= 0.6 is 11.3 Å². The second-order valence-electron chi connectivity index (χ2n) is 5.33. The lowest BCUT2D eigenvalue weighted by Gasteiger charge is -2.18. The normalized spacial score (nSPS) is 15.8. The number of pyridine rings is 1. The standard InChI is InChI=1S/C15H18N4OS/c20-13(10-12-8-4-5-9-16-12)17-15-19-18-14(21-15)11-6-2-1-3-7-11/h4-5,8-9,11H,1-3,6-7,10H2,(H,17,19,20). The largest absolute Gasteiger partial charge is 0.300 e. The number of carbonyl (C=O) groups excluding carboxylic acids is 1. The molecular formula is C15H18N4OS. The molecule has 21 heavy (non-hydrogen) atoms. The summed E-state index contributed by atoms with van der Waals surface area (Å²) in [6.07, 6.45) is 8.20. The lowest BCUT2D eigenvalue weighted by Crippen LogP contribution is -2.14. The molecule has 110 valence electrons. The molecule has 1 aliphatic carbocycles. The number of hydrogen-bond donors (Lipinski definition) is 1. The number of anilines is 1. The molecule has 2 aromatic heterocycles. The van der Waals surface area contributed by atoms with Crippen molar-refractivity contribution in [2.24, 2.45) is 0 Å². The van der Waals surface area contributed by atoms with Gasteiger partial charge in [0, 0.05) is 17.8 Å². The molecule has 3 rings (SSSR count). The number of aromatic nitrogens is 3. The molecule has 1 N–H and O–H groups in total. The van der Waals surface area contributed by atoms with Gasteiger partial charge in [-0.2, -0.15) is 0 Å². The Bertz CT molecular complexity index is 593. The molecule has 2 heterocycles. The van der Waals surface area contributed by atoms with Gasteiger partial charge in [0.15, 0.2) is 0 Å². The summed E-state index contributed by atoms with van der Waals surface area (Å²) in [4.78, 5) is 16.1. The molecule has 0 aliphatic heterocycles. The van der Waals surface area contributed by atoms with E-state index in [-0.39, 0.29) is 12.3 Å². The average Bonchev–Trinajstić information content (AvgIpc) is 2.97. The van der Waals surface area contributed by atoms with Crippen molar-refractivity contribution in [3.05, 3.63) is 35.1 Å². The van der Waals surface area contributed by atoms with E-state index in [4.69, 9.17) is 0 Å². The van der Waals surface area contributed by atoms with E-state index < -0.39 is 0 Å². The van der Waals surface area contributed by atoms with Crippen LogP contribution in [-0.4, -0.2) is 21.1 Å². The highest BCUT2D eigenvalue weighted by atomic mass is 32.1. The Morgan fingerprint density at radius 3 is 2.86 bits per heavy atom. The number of hydrogen-bond acceptors (Lipinski definition) is 5. The van der Waals surface area contributed by atoms with Crippen LogP contribution in [0.1, 0.15) is 48.7 Å². The van der Waals surface area contributed by atoms with Gasteiger partial charge < -0.3 is 5.32 Å². The van der Waals surface area contributed by atoms with Crippen molar-refractivity contribution < 1.29 is 4.79 Å². The number of rotatable bonds is 4. The second kappa shape index (κ2) is 6.76. The van der Waals surface area contributed by atoms with E-state index in [2.05, 4.69) is 20.5 Å². The number of amides is 1. The lowest BCUT2D eigenvalue weighted by atomic mass is 9.90. The van der Waals surface area contributed by atoms with Gasteiger partial charge in [-0.05, 0) is 25.0 Å². The fourth-order valence-electron chi connectivity index (χ4n) is 2.63. The molecule has 0 spiro atoms. The van der Waals surface area contributed by atoms with Crippen LogP contribution in [0.2, 0.25) is 0 Å². The Balaban J connectivity index is 1.57. The summed E-state index contributed by atoms with van der Waals surface area (Å²) in [7, 11) is 0. The minimum Gasteiger partial charge on any atom is -0.300 e. The molecule has 1 amide bonds. The minimum atomic E-state index is -0.0972. The van der Waals surface area contributed by atoms with E-state index in [0.717, 1.165) is 10.7 Å². The van der Waals surface area contributed by atoms with Gasteiger partial charge in [0.25, 0.3) is 0 Å². The van der Waals surface area contributed by atoms with Crippen molar-refractivity contribution in [2.45, 2.75) is 44.4 Å². The van der Waals surface area contributed by atoms with Crippen LogP contribution in [0.15, 0.2) is 24.4 Å². The fourth-order valence-corrected chi connectivity index (χ4v) is 3.56. The Morgan fingerprint density at radius 1 is 1.24 bits per heavy atom. The van der Waals surface area contributed by atoms with Crippen LogP contribution in [0, 0.1) is 0 Å². The Hall–Kier alpha value is -1.82. The number of carbonyl (C=O) groups is 1. The molecule has 1 saturated carbocycles. The zero-order chi connectivity index (χ0) is 14.5. The van der Waals surface area contributed by atoms with Crippen molar-refractivity contribution in [3.63, 3.8) is 0 Å². The van der Waals surface area contributed by atoms with Gasteiger partial charge in [-0.1, -0.05) is 36.7 Å². The highest BCUT2D eigenvalue weighted by molar-refractivity contribution is 7.15. The molecule has 1 fully saturated rings. The Kier molecular flexibility index (Phi) is 4.55. The fraction of sp³-hybridized carbons (Fsp3) is 0.467. The van der Waals surface area contributed by atoms with Crippen LogP contribution < -0.4 is 5.32 Å². The summed E-state index contributed by atoms with van der Waals surface area (Å²) in [5, 5.41) is 12.8. The average molecular weight is 302 g/mol. The van der Waals surface area contributed by atoms with Crippen molar-refractivity contribution in [2.75, 3.05) is 5.32 Å². The van der Waals surface area contributed by atoms with Gasteiger partial charge in [0.1, 0.15) is 5.01 Å². The van der Waals surface area contributed by atoms with Gasteiger partial charge in [0.05, 0.1) is 6.42 Å². The summed E-state index contributed by atoms with van der Waals surface area (Å²) in [6.45, 7) is 0. The molecule has 0 aromatic carbocycles. The van der Waals surface area contributed by atoms with Crippen molar-refractivity contribution >= 4 is 22.4 Å². The highest BCUT2D eigenvalue weighted by Gasteiger charge is 2.20. The number of nitrogens with zero attached hydrogens (tertiary/aromatic N) is 3. The third-order valence-corrected chi connectivity index (χ3v) is 4.71. The van der Waals surface area contributed by atoms with Crippen molar-refractivity contribution in [1.82, 2.24) is 15.2 Å². The molecule has 0 bridgehead atoms. The molecule has 5 nitrogen and oxygen atoms in total. The zero-order valence-corrected chi connectivity index (χ0v) is 12.6.